The first-order chi connectivity index (χ1) is 15.4. The van der Waals surface area contributed by atoms with Crippen LogP contribution >= 0.6 is 28.4 Å². The molecule has 12 heteroatoms. The quantitative estimate of drug-likeness (QED) is 0.260. The summed E-state index contributed by atoms with van der Waals surface area (Å²) in [5.41, 5.74) is 5.43. The highest BCUT2D eigenvalue weighted by Gasteiger charge is 2.21. The van der Waals surface area contributed by atoms with Gasteiger partial charge in [0.15, 0.2) is 11.3 Å². The summed E-state index contributed by atoms with van der Waals surface area (Å²) in [5.74, 6) is 0.505. The predicted octanol–water partition coefficient (Wildman–Crippen LogP) is 3.14. The van der Waals surface area contributed by atoms with Crippen LogP contribution in [0.1, 0.15) is 23.9 Å². The summed E-state index contributed by atoms with van der Waals surface area (Å²) < 4.78 is 9.99. The van der Waals surface area contributed by atoms with Crippen LogP contribution < -0.4 is 4.74 Å². The van der Waals surface area contributed by atoms with Crippen LogP contribution in [0.15, 0.2) is 18.5 Å². The Bertz CT molecular complexity index is 1320. The topological polar surface area (TPSA) is 91.7 Å². The molecule has 0 spiro atoms. The first-order valence-electron chi connectivity index (χ1n) is 10.1. The Morgan fingerprint density at radius 1 is 1.12 bits per heavy atom. The van der Waals surface area contributed by atoms with Crippen molar-refractivity contribution in [2.45, 2.75) is 19.5 Å². The first kappa shape index (κ1) is 21.5. The van der Waals surface area contributed by atoms with Gasteiger partial charge < -0.3 is 4.74 Å². The summed E-state index contributed by atoms with van der Waals surface area (Å²) in [6.45, 7) is 3.36. The van der Waals surface area contributed by atoms with Gasteiger partial charge in [-0.15, -0.1) is 10.2 Å². The monoisotopic (exact) mass is 563 g/mol. The molecule has 4 aromatic rings. The van der Waals surface area contributed by atoms with E-state index in [1.165, 1.54) is 4.80 Å². The summed E-state index contributed by atoms with van der Waals surface area (Å²) in [6, 6.07) is 2.23. The van der Waals surface area contributed by atoms with Crippen LogP contribution in [0.2, 0.25) is 0 Å². The molecule has 0 aliphatic carbocycles. The Kier molecular flexibility index (Phi) is 5.72. The molecule has 4 aromatic heterocycles. The van der Waals surface area contributed by atoms with Gasteiger partial charge in [0, 0.05) is 49.4 Å². The van der Waals surface area contributed by atoms with E-state index in [-0.39, 0.29) is 6.04 Å². The van der Waals surface area contributed by atoms with Crippen molar-refractivity contribution in [3.63, 3.8) is 0 Å². The molecule has 5 rings (SSSR count). The molecule has 2 atom stereocenters. The Hall–Kier alpha value is -2.37. The number of fused-ring (bicyclic) bond motifs is 4. The van der Waals surface area contributed by atoms with Gasteiger partial charge in [-0.05, 0) is 54.2 Å². The van der Waals surface area contributed by atoms with Gasteiger partial charge in [-0.25, -0.2) is 9.44 Å². The number of halogens is 1. The molecule has 0 radical (unpaired) electrons. The third kappa shape index (κ3) is 3.82. The van der Waals surface area contributed by atoms with Gasteiger partial charge in [0.05, 0.1) is 24.0 Å². The molecule has 5 heterocycles. The highest BCUT2D eigenvalue weighted by Crippen LogP contribution is 2.34. The molecule has 0 aromatic carbocycles. The zero-order chi connectivity index (χ0) is 22.4. The molecule has 2 bridgehead atoms. The number of hydrogen-bond donors (Lipinski definition) is 0. The minimum Gasteiger partial charge on any atom is -0.473 e. The number of aryl methyl sites for hydroxylation is 2. The third-order valence-electron chi connectivity index (χ3n) is 5.71. The average molecular weight is 563 g/mol. The van der Waals surface area contributed by atoms with Crippen LogP contribution in [0.5, 0.6) is 5.88 Å². The summed E-state index contributed by atoms with van der Waals surface area (Å²) in [5, 5.41) is 19.2. The Morgan fingerprint density at radius 3 is 2.78 bits per heavy atom. The van der Waals surface area contributed by atoms with Crippen LogP contribution in [0, 0.1) is 0 Å². The smallest absolute Gasteiger partial charge is 0.261 e. The predicted molar refractivity (Wildman–Crippen MR) is 134 cm³/mol. The van der Waals surface area contributed by atoms with Crippen molar-refractivity contribution in [3.8, 4) is 17.1 Å². The molecule has 0 saturated heterocycles. The molecule has 1 aliphatic rings. The SMILES string of the molecule is CC1COc2nn(C)nc2-c2cnc3c(c2)c(nn3PI)/C=C/c2cnn(C)c2CN1C. The fourth-order valence-electron chi connectivity index (χ4n) is 3.70. The van der Waals surface area contributed by atoms with Crippen LogP contribution in [-0.2, 0) is 20.6 Å². The van der Waals surface area contributed by atoms with Gasteiger partial charge in [0.25, 0.3) is 5.88 Å². The minimum atomic E-state index is 0.159. The molecule has 0 N–H and O–H groups in total. The standard InChI is InChI=1S/C20H23IN9OP/c1-12-11-31-20-18(25-29(4)26-20)14-7-15-16(24-30(32-21)19(15)22-8-14)6-5-13-9-23-28(3)17(13)10-27(12)2/h5-9,12,32H,10-11H2,1-4H3/b6-5+. The van der Waals surface area contributed by atoms with Crippen molar-refractivity contribution in [1.82, 2.24) is 44.2 Å². The van der Waals surface area contributed by atoms with Gasteiger partial charge in [0.1, 0.15) is 6.61 Å². The number of rotatable bonds is 1. The molecule has 32 heavy (non-hydrogen) atoms. The number of aromatic nitrogens is 8. The zero-order valence-electron chi connectivity index (χ0n) is 18.2. The highest BCUT2D eigenvalue weighted by molar-refractivity contribution is 14.2. The normalized spacial score (nSPS) is 18.5. The van der Waals surface area contributed by atoms with Gasteiger partial charge in [-0.3, -0.25) is 9.58 Å². The second kappa shape index (κ2) is 8.53. The Balaban J connectivity index is 1.71. The summed E-state index contributed by atoms with van der Waals surface area (Å²) in [6.07, 6.45) is 8.28. The first-order valence-corrected chi connectivity index (χ1v) is 14.2. The van der Waals surface area contributed by atoms with E-state index >= 15 is 0 Å². The van der Waals surface area contributed by atoms with Gasteiger partial charge in [0.2, 0.25) is 0 Å². The van der Waals surface area contributed by atoms with Crippen LogP contribution in [0.3, 0.4) is 0 Å². The van der Waals surface area contributed by atoms with Crippen LogP contribution in [0.25, 0.3) is 34.4 Å². The fraction of sp³-hybridized carbons (Fsp3) is 0.350. The second-order valence-corrected chi connectivity index (χ2v) is 9.94. The molecule has 10 nitrogen and oxygen atoms in total. The van der Waals surface area contributed by atoms with E-state index < -0.39 is 0 Å². The molecule has 2 unspecified atom stereocenters. The van der Waals surface area contributed by atoms with Crippen molar-refractivity contribution in [2.75, 3.05) is 13.7 Å². The van der Waals surface area contributed by atoms with Gasteiger partial charge in [-0.2, -0.15) is 15.0 Å². The molecular formula is C20H23IN9OP. The summed E-state index contributed by atoms with van der Waals surface area (Å²) >= 11 is 2.32. The van der Waals surface area contributed by atoms with E-state index in [1.807, 2.05) is 34.7 Å². The maximum Gasteiger partial charge on any atom is 0.261 e. The van der Waals surface area contributed by atoms with Crippen molar-refractivity contribution >= 4 is 51.6 Å². The van der Waals surface area contributed by atoms with E-state index in [9.17, 15) is 0 Å². The molecule has 0 saturated carbocycles. The third-order valence-corrected chi connectivity index (χ3v) is 7.56. The van der Waals surface area contributed by atoms with E-state index in [2.05, 4.69) is 68.4 Å². The number of pyridine rings is 1. The van der Waals surface area contributed by atoms with Crippen molar-refractivity contribution < 1.29 is 4.74 Å². The molecule has 1 aliphatic heterocycles. The van der Waals surface area contributed by atoms with Crippen LogP contribution in [0.4, 0.5) is 0 Å². The number of nitrogens with zero attached hydrogens (tertiary/aromatic N) is 9. The molecule has 0 fully saturated rings. The van der Waals surface area contributed by atoms with E-state index in [0.717, 1.165) is 40.1 Å². The summed E-state index contributed by atoms with van der Waals surface area (Å²) in [7, 11) is 5.85. The van der Waals surface area contributed by atoms with Gasteiger partial charge >= 0.3 is 0 Å². The Morgan fingerprint density at radius 2 is 1.97 bits per heavy atom. The molecule has 0 amide bonds. The second-order valence-electron chi connectivity index (χ2n) is 7.90. The highest BCUT2D eigenvalue weighted by atomic mass is 127. The maximum atomic E-state index is 6.14. The lowest BCUT2D eigenvalue weighted by atomic mass is 10.1. The Labute approximate surface area is 199 Å². The van der Waals surface area contributed by atoms with Gasteiger partial charge in [-0.1, -0.05) is 0 Å². The zero-order valence-corrected chi connectivity index (χ0v) is 21.3. The fourth-order valence-corrected chi connectivity index (χ4v) is 5.12. The minimum absolute atomic E-state index is 0.159. The largest absolute Gasteiger partial charge is 0.473 e. The van der Waals surface area contributed by atoms with Crippen molar-refractivity contribution in [3.05, 3.63) is 35.4 Å². The van der Waals surface area contributed by atoms with Crippen LogP contribution in [-0.4, -0.2) is 63.9 Å². The molecular weight excluding hydrogens is 540 g/mol. The number of ether oxygens (including phenoxy) is 1. The lowest BCUT2D eigenvalue weighted by Crippen LogP contribution is -2.34. The lowest BCUT2D eigenvalue weighted by Gasteiger charge is -2.24. The molecule has 166 valence electrons. The van der Waals surface area contributed by atoms with E-state index in [1.54, 1.807) is 7.05 Å². The summed E-state index contributed by atoms with van der Waals surface area (Å²) in [4.78, 5) is 8.49. The number of hydrogen-bond acceptors (Lipinski definition) is 7. The number of likely N-dealkylation sites (N-methyl/N-ethyl adjacent to an activating group) is 1. The lowest BCUT2D eigenvalue weighted by molar-refractivity contribution is 0.161. The average Bonchev–Trinajstić information content (AvgIpc) is 3.45. The van der Waals surface area contributed by atoms with E-state index in [0.29, 0.717) is 24.6 Å². The van der Waals surface area contributed by atoms with Crippen molar-refractivity contribution in [2.24, 2.45) is 14.1 Å². The van der Waals surface area contributed by atoms with Crippen molar-refractivity contribution in [1.29, 1.82) is 0 Å². The maximum absolute atomic E-state index is 6.14. The van der Waals surface area contributed by atoms with E-state index in [4.69, 9.17) is 14.8 Å².